The van der Waals surface area contributed by atoms with Crippen molar-refractivity contribution < 1.29 is 0 Å². The van der Waals surface area contributed by atoms with E-state index in [2.05, 4.69) is 32.6 Å². The van der Waals surface area contributed by atoms with Crippen molar-refractivity contribution in [1.82, 2.24) is 14.4 Å². The first kappa shape index (κ1) is 8.17. The van der Waals surface area contributed by atoms with Crippen LogP contribution in [0.4, 0.5) is 0 Å². The van der Waals surface area contributed by atoms with E-state index >= 15 is 0 Å². The number of rotatable bonds is 1. The molecule has 0 aliphatic rings. The van der Waals surface area contributed by atoms with Crippen molar-refractivity contribution >= 4 is 5.52 Å². The number of hydrogen-bond acceptors (Lipinski definition) is 2. The summed E-state index contributed by atoms with van der Waals surface area (Å²) in [6, 6.07) is 12.2. The van der Waals surface area contributed by atoms with Gasteiger partial charge >= 0.3 is 0 Å². The Balaban J connectivity index is 2.28. The fraction of sp³-hybridized carbons (Fsp3) is 0. The van der Waals surface area contributed by atoms with Gasteiger partial charge in [0.1, 0.15) is 6.33 Å². The van der Waals surface area contributed by atoms with Crippen LogP contribution in [0.1, 0.15) is 0 Å². The molecule has 0 radical (unpaired) electrons. The van der Waals surface area contributed by atoms with Crippen molar-refractivity contribution in [3.63, 3.8) is 0 Å². The third-order valence-electron chi connectivity index (χ3n) is 2.41. The second-order valence-corrected chi connectivity index (χ2v) is 3.31. The van der Waals surface area contributed by atoms with Crippen LogP contribution < -0.4 is 0 Å². The quantitative estimate of drug-likeness (QED) is 0.596. The maximum absolute atomic E-state index is 4.24. The minimum absolute atomic E-state index is 0.941. The zero-order chi connectivity index (χ0) is 10.1. The van der Waals surface area contributed by atoms with Gasteiger partial charge in [-0.05, 0) is 30.3 Å². The molecule has 0 atom stereocenters. The Kier molecular flexibility index (Phi) is 1.75. The third-order valence-corrected chi connectivity index (χ3v) is 2.41. The molecule has 3 rings (SSSR count). The first-order valence-corrected chi connectivity index (χ1v) is 4.77. The zero-order valence-corrected chi connectivity index (χ0v) is 8.04. The van der Waals surface area contributed by atoms with E-state index < -0.39 is 0 Å². The minimum Gasteiger partial charge on any atom is -0.315 e. The summed E-state index contributed by atoms with van der Waals surface area (Å²) in [5.41, 5.74) is 3.20. The molecular weight excluding hydrogens is 186 g/mol. The minimum atomic E-state index is 0.941. The lowest BCUT2D eigenvalue weighted by molar-refractivity contribution is 1.13. The Morgan fingerprint density at radius 3 is 2.87 bits per heavy atom. The van der Waals surface area contributed by atoms with Crippen LogP contribution in [0, 0.1) is 0 Å². The Morgan fingerprint density at radius 2 is 2.00 bits per heavy atom. The van der Waals surface area contributed by atoms with Gasteiger partial charge < -0.3 is 4.40 Å². The average molecular weight is 195 g/mol. The van der Waals surface area contributed by atoms with Crippen LogP contribution >= 0.6 is 0 Å². The van der Waals surface area contributed by atoms with Gasteiger partial charge in [0.05, 0.1) is 11.4 Å². The summed E-state index contributed by atoms with van der Waals surface area (Å²) in [5.74, 6) is 0. The van der Waals surface area contributed by atoms with Gasteiger partial charge in [0.25, 0.3) is 0 Å². The highest BCUT2D eigenvalue weighted by Gasteiger charge is 2.03. The van der Waals surface area contributed by atoms with Gasteiger partial charge in [-0.15, -0.1) is 0 Å². The number of nitrogens with zero attached hydrogens (tertiary/aromatic N) is 3. The number of hydrogen-bond donors (Lipinski definition) is 0. The predicted octanol–water partition coefficient (Wildman–Crippen LogP) is 2.40. The first-order chi connectivity index (χ1) is 7.45. The standard InChI is InChI=1S/C12H9N3/c1-2-8-15-10(3-1)4-5-12(15)11-6-7-13-9-14-11/h1-9H. The number of pyridine rings is 1. The van der Waals surface area contributed by atoms with E-state index in [1.165, 1.54) is 5.52 Å². The molecule has 3 nitrogen and oxygen atoms in total. The Hall–Kier alpha value is -2.16. The van der Waals surface area contributed by atoms with Crippen LogP contribution in [-0.2, 0) is 0 Å². The fourth-order valence-corrected chi connectivity index (χ4v) is 1.71. The molecule has 0 aliphatic heterocycles. The maximum Gasteiger partial charge on any atom is 0.116 e. The summed E-state index contributed by atoms with van der Waals surface area (Å²) in [7, 11) is 0. The largest absolute Gasteiger partial charge is 0.315 e. The fourth-order valence-electron chi connectivity index (χ4n) is 1.71. The summed E-state index contributed by atoms with van der Waals surface area (Å²) in [6.07, 6.45) is 5.36. The molecule has 3 aromatic heterocycles. The van der Waals surface area contributed by atoms with Gasteiger partial charge in [-0.1, -0.05) is 6.07 Å². The Bertz CT molecular complexity index is 584. The lowest BCUT2D eigenvalue weighted by Gasteiger charge is -2.00. The summed E-state index contributed by atoms with van der Waals surface area (Å²) in [5, 5.41) is 0. The second-order valence-electron chi connectivity index (χ2n) is 3.31. The highest BCUT2D eigenvalue weighted by molar-refractivity contribution is 5.64. The molecule has 0 bridgehead atoms. The summed E-state index contributed by atoms with van der Waals surface area (Å²) < 4.78 is 2.11. The van der Waals surface area contributed by atoms with Gasteiger partial charge in [0.2, 0.25) is 0 Å². The van der Waals surface area contributed by atoms with E-state index in [1.807, 2.05) is 24.4 Å². The molecule has 15 heavy (non-hydrogen) atoms. The molecule has 0 aromatic carbocycles. The van der Waals surface area contributed by atoms with Crippen molar-refractivity contribution in [3.05, 3.63) is 55.1 Å². The molecule has 0 fully saturated rings. The van der Waals surface area contributed by atoms with Crippen LogP contribution in [0.5, 0.6) is 0 Å². The zero-order valence-electron chi connectivity index (χ0n) is 8.04. The first-order valence-electron chi connectivity index (χ1n) is 4.77. The molecular formula is C12H9N3. The molecule has 3 aromatic rings. The highest BCUT2D eigenvalue weighted by Crippen LogP contribution is 2.19. The molecule has 3 heterocycles. The lowest BCUT2D eigenvalue weighted by Crippen LogP contribution is -1.89. The molecule has 3 heteroatoms. The lowest BCUT2D eigenvalue weighted by atomic mass is 10.3. The van der Waals surface area contributed by atoms with Gasteiger partial charge in [-0.2, -0.15) is 0 Å². The monoisotopic (exact) mass is 195 g/mol. The molecule has 0 unspecified atom stereocenters. The van der Waals surface area contributed by atoms with Crippen molar-refractivity contribution in [3.8, 4) is 11.4 Å². The molecule has 0 N–H and O–H groups in total. The summed E-state index contributed by atoms with van der Waals surface area (Å²) in [6.45, 7) is 0. The van der Waals surface area contributed by atoms with Crippen LogP contribution in [0.15, 0.2) is 55.1 Å². The SMILES string of the molecule is c1ccn2c(-c3ccncn3)ccc2c1. The van der Waals surface area contributed by atoms with E-state index in [0.29, 0.717) is 0 Å². The molecule has 0 spiro atoms. The number of aromatic nitrogens is 3. The van der Waals surface area contributed by atoms with Crippen LogP contribution in [0.2, 0.25) is 0 Å². The van der Waals surface area contributed by atoms with Crippen molar-refractivity contribution in [2.75, 3.05) is 0 Å². The van der Waals surface area contributed by atoms with Gasteiger partial charge in [-0.3, -0.25) is 0 Å². The van der Waals surface area contributed by atoms with Crippen LogP contribution in [0.25, 0.3) is 16.9 Å². The molecule has 0 saturated carbocycles. The highest BCUT2D eigenvalue weighted by atomic mass is 14.9. The second kappa shape index (κ2) is 3.20. The van der Waals surface area contributed by atoms with Crippen molar-refractivity contribution in [1.29, 1.82) is 0 Å². The van der Waals surface area contributed by atoms with Crippen LogP contribution in [-0.4, -0.2) is 14.4 Å². The van der Waals surface area contributed by atoms with E-state index in [0.717, 1.165) is 11.4 Å². The third kappa shape index (κ3) is 1.29. The normalized spacial score (nSPS) is 10.7. The van der Waals surface area contributed by atoms with E-state index in [1.54, 1.807) is 12.5 Å². The van der Waals surface area contributed by atoms with Crippen LogP contribution in [0.3, 0.4) is 0 Å². The molecule has 72 valence electrons. The Labute approximate surface area is 87.0 Å². The van der Waals surface area contributed by atoms with Gasteiger partial charge in [0, 0.05) is 17.9 Å². The smallest absolute Gasteiger partial charge is 0.116 e. The summed E-state index contributed by atoms with van der Waals surface area (Å²) >= 11 is 0. The maximum atomic E-state index is 4.24. The molecule has 0 saturated heterocycles. The molecule has 0 aliphatic carbocycles. The van der Waals surface area contributed by atoms with Gasteiger partial charge in [-0.25, -0.2) is 9.97 Å². The van der Waals surface area contributed by atoms with Crippen molar-refractivity contribution in [2.24, 2.45) is 0 Å². The topological polar surface area (TPSA) is 30.2 Å². The van der Waals surface area contributed by atoms with E-state index in [9.17, 15) is 0 Å². The predicted molar refractivity (Wildman–Crippen MR) is 58.4 cm³/mol. The number of fused-ring (bicyclic) bond motifs is 1. The average Bonchev–Trinajstić information content (AvgIpc) is 2.74. The van der Waals surface area contributed by atoms with Gasteiger partial charge in [0.15, 0.2) is 0 Å². The molecule has 0 amide bonds. The summed E-state index contributed by atoms with van der Waals surface area (Å²) in [4.78, 5) is 8.15. The van der Waals surface area contributed by atoms with Crippen molar-refractivity contribution in [2.45, 2.75) is 0 Å². The van der Waals surface area contributed by atoms with E-state index in [4.69, 9.17) is 0 Å². The Morgan fingerprint density at radius 1 is 1.00 bits per heavy atom. The van der Waals surface area contributed by atoms with E-state index in [-0.39, 0.29) is 0 Å².